The van der Waals surface area contributed by atoms with Crippen LogP contribution >= 0.6 is 92.4 Å². The molecule has 0 amide bonds. The van der Waals surface area contributed by atoms with Gasteiger partial charge in [0.25, 0.3) is 0 Å². The van der Waals surface area contributed by atoms with Gasteiger partial charge in [-0.2, -0.15) is 11.8 Å². The highest BCUT2D eigenvalue weighted by Crippen LogP contribution is 2.55. The van der Waals surface area contributed by atoms with Crippen molar-refractivity contribution in [3.05, 3.63) is 39.9 Å². The van der Waals surface area contributed by atoms with Crippen molar-refractivity contribution in [1.29, 1.82) is 0 Å². The number of terminal acetylenes is 1. The Bertz CT molecular complexity index is 1180. The molecule has 0 aliphatic carbocycles. The summed E-state index contributed by atoms with van der Waals surface area (Å²) in [6.07, 6.45) is 13.4. The summed E-state index contributed by atoms with van der Waals surface area (Å²) < 4.78 is 0. The van der Waals surface area contributed by atoms with E-state index in [4.69, 9.17) is 0 Å². The van der Waals surface area contributed by atoms with Gasteiger partial charge in [-0.1, -0.05) is 13.8 Å². The minimum Gasteiger partial charge on any atom is -0.161 e. The Morgan fingerprint density at radius 1 is 0.706 bits per heavy atom. The van der Waals surface area contributed by atoms with Crippen LogP contribution in [0.2, 0.25) is 0 Å². The molecule has 34 heavy (non-hydrogen) atoms. The number of hydrogen-bond acceptors (Lipinski definition) is 8. The molecule has 8 heteroatoms. The van der Waals surface area contributed by atoms with Gasteiger partial charge in [-0.3, -0.25) is 0 Å². The van der Waals surface area contributed by atoms with Crippen molar-refractivity contribution in [3.8, 4) is 42.3 Å². The SMILES string of the molecule is C#CC.CC.CSCc1c(-c2sccc2SC)sc(-c2sccc2SC)c1-c1sccc1SC. The topological polar surface area (TPSA) is 0 Å². The van der Waals surface area contributed by atoms with Gasteiger partial charge in [0.1, 0.15) is 0 Å². The van der Waals surface area contributed by atoms with E-state index in [1.165, 1.54) is 50.2 Å². The van der Waals surface area contributed by atoms with Crippen LogP contribution < -0.4 is 0 Å². The van der Waals surface area contributed by atoms with Crippen LogP contribution in [0.1, 0.15) is 26.3 Å². The van der Waals surface area contributed by atoms with E-state index < -0.39 is 0 Å². The van der Waals surface area contributed by atoms with Crippen LogP contribution in [0.15, 0.2) is 49.0 Å². The highest BCUT2D eigenvalue weighted by molar-refractivity contribution is 7.99. The Morgan fingerprint density at radius 2 is 1.12 bits per heavy atom. The minimum absolute atomic E-state index is 1.04. The summed E-state index contributed by atoms with van der Waals surface area (Å²) in [4.78, 5) is 11.4. The molecule has 0 radical (unpaired) electrons. The lowest BCUT2D eigenvalue weighted by Gasteiger charge is -2.09. The second-order valence-electron chi connectivity index (χ2n) is 6.29. The van der Waals surface area contributed by atoms with Gasteiger partial charge in [0, 0.05) is 30.9 Å². The lowest BCUT2D eigenvalue weighted by atomic mass is 10.1. The summed E-state index contributed by atoms with van der Waals surface area (Å²) in [5.41, 5.74) is 2.98. The van der Waals surface area contributed by atoms with Crippen molar-refractivity contribution < 1.29 is 0 Å². The van der Waals surface area contributed by atoms with Crippen LogP contribution in [0.25, 0.3) is 29.9 Å². The third kappa shape index (κ3) is 6.74. The molecule has 0 nitrogen and oxygen atoms in total. The maximum absolute atomic E-state index is 4.60. The van der Waals surface area contributed by atoms with Crippen LogP contribution in [0.4, 0.5) is 0 Å². The van der Waals surface area contributed by atoms with Gasteiger partial charge < -0.3 is 0 Å². The normalized spacial score (nSPS) is 10.2. The second kappa shape index (κ2) is 15.8. The molecule has 4 aromatic rings. The molecule has 0 fully saturated rings. The molecule has 0 bridgehead atoms. The minimum atomic E-state index is 1.04. The van der Waals surface area contributed by atoms with Crippen LogP contribution in [0.3, 0.4) is 0 Å². The average Bonchev–Trinajstić information content (AvgIpc) is 3.65. The summed E-state index contributed by atoms with van der Waals surface area (Å²) in [6.45, 7) is 5.65. The number of thioether (sulfide) groups is 4. The third-order valence-corrected chi connectivity index (χ3v) is 12.1. The van der Waals surface area contributed by atoms with Crippen molar-refractivity contribution in [2.75, 3.05) is 25.0 Å². The van der Waals surface area contributed by atoms with Gasteiger partial charge in [-0.15, -0.1) is 93.0 Å². The van der Waals surface area contributed by atoms with Crippen molar-refractivity contribution in [2.45, 2.75) is 41.2 Å². The molecule has 0 saturated carbocycles. The quantitative estimate of drug-likeness (QED) is 0.146. The lowest BCUT2D eigenvalue weighted by Crippen LogP contribution is -1.87. The second-order valence-corrected chi connectivity index (χ2v) is 13.5. The van der Waals surface area contributed by atoms with Crippen molar-refractivity contribution in [2.24, 2.45) is 0 Å². The van der Waals surface area contributed by atoms with Crippen LogP contribution in [0.5, 0.6) is 0 Å². The first-order valence-corrected chi connectivity index (χ1v) is 19.0. The van der Waals surface area contributed by atoms with Gasteiger partial charge in [0.2, 0.25) is 0 Å². The van der Waals surface area contributed by atoms with E-state index in [1.54, 1.807) is 6.92 Å². The first-order valence-electron chi connectivity index (χ1n) is 10.5. The van der Waals surface area contributed by atoms with Gasteiger partial charge in [0.05, 0.1) is 19.5 Å². The molecule has 0 unspecified atom stereocenters. The zero-order valence-corrected chi connectivity index (χ0v) is 27.0. The molecule has 0 aliphatic heterocycles. The molecular formula is C26H30S8. The fourth-order valence-corrected chi connectivity index (χ4v) is 11.1. The molecule has 0 N–H and O–H groups in total. The Labute approximate surface area is 238 Å². The van der Waals surface area contributed by atoms with E-state index in [0.717, 1.165) is 5.75 Å². The Balaban J connectivity index is 0.000000758. The predicted octanol–water partition coefficient (Wildman–Crippen LogP) is 11.6. The molecule has 0 aliphatic rings. The van der Waals surface area contributed by atoms with Gasteiger partial charge in [-0.05, 0) is 71.8 Å². The summed E-state index contributed by atoms with van der Waals surface area (Å²) in [5.74, 6) is 3.29. The monoisotopic (exact) mass is 598 g/mol. The largest absolute Gasteiger partial charge is 0.161 e. The van der Waals surface area contributed by atoms with Gasteiger partial charge >= 0.3 is 0 Å². The Hall–Kier alpha value is -0.240. The van der Waals surface area contributed by atoms with E-state index in [9.17, 15) is 0 Å². The summed E-state index contributed by atoms with van der Waals surface area (Å²) in [5, 5.41) is 6.72. The Morgan fingerprint density at radius 3 is 1.56 bits per heavy atom. The Kier molecular flexibility index (Phi) is 13.9. The maximum atomic E-state index is 4.60. The number of thiophene rings is 4. The van der Waals surface area contributed by atoms with Crippen LogP contribution in [-0.4, -0.2) is 25.0 Å². The highest BCUT2D eigenvalue weighted by Gasteiger charge is 2.27. The average molecular weight is 599 g/mol. The van der Waals surface area contributed by atoms with Crippen molar-refractivity contribution in [3.63, 3.8) is 0 Å². The maximum Gasteiger partial charge on any atom is 0.0585 e. The summed E-state index contributed by atoms with van der Waals surface area (Å²) in [7, 11) is 0. The van der Waals surface area contributed by atoms with Gasteiger partial charge in [0.15, 0.2) is 0 Å². The molecule has 4 heterocycles. The van der Waals surface area contributed by atoms with Crippen LogP contribution in [-0.2, 0) is 5.75 Å². The summed E-state index contributed by atoms with van der Waals surface area (Å²) in [6, 6.07) is 6.81. The molecule has 4 aromatic heterocycles. The number of rotatable bonds is 8. The zero-order valence-electron chi connectivity index (χ0n) is 20.5. The molecular weight excluding hydrogens is 569 g/mol. The van der Waals surface area contributed by atoms with Crippen molar-refractivity contribution >= 4 is 92.4 Å². The van der Waals surface area contributed by atoms with E-state index in [2.05, 4.69) is 71.7 Å². The highest BCUT2D eigenvalue weighted by atomic mass is 32.2. The van der Waals surface area contributed by atoms with E-state index in [-0.39, 0.29) is 0 Å². The first kappa shape index (κ1) is 30.0. The molecule has 0 atom stereocenters. The summed E-state index contributed by atoms with van der Waals surface area (Å²) >= 11 is 15.1. The van der Waals surface area contributed by atoms with E-state index in [0.29, 0.717) is 0 Å². The standard InChI is InChI=1S/C21H20S8.C3H4.C2H6/c1-22-11-12-16(18-13(23-2)5-8-26-18)21(20-15(25-4)7-10-28-20)29-17(12)19-14(24-3)6-9-27-19;1-3-2;1-2/h5-10H,11H2,1-4H3;1H,2H3;1-2H3. The van der Waals surface area contributed by atoms with Crippen LogP contribution in [0, 0.1) is 12.3 Å². The van der Waals surface area contributed by atoms with E-state index >= 15 is 0 Å². The first-order chi connectivity index (χ1) is 16.6. The predicted molar refractivity (Wildman–Crippen MR) is 173 cm³/mol. The molecule has 4 rings (SSSR count). The van der Waals surface area contributed by atoms with Gasteiger partial charge in [-0.25, -0.2) is 0 Å². The lowest BCUT2D eigenvalue weighted by molar-refractivity contribution is 1.44. The molecule has 182 valence electrons. The smallest absolute Gasteiger partial charge is 0.0585 e. The molecule has 0 saturated heterocycles. The molecule has 0 aromatic carbocycles. The number of hydrogen-bond donors (Lipinski definition) is 0. The molecule has 0 spiro atoms. The fraction of sp³-hybridized carbons (Fsp3) is 0.308. The third-order valence-electron chi connectivity index (χ3n) is 4.48. The van der Waals surface area contributed by atoms with E-state index in [1.807, 2.05) is 106 Å². The van der Waals surface area contributed by atoms with Crippen molar-refractivity contribution in [1.82, 2.24) is 0 Å². The zero-order chi connectivity index (χ0) is 25.1. The fourth-order valence-electron chi connectivity index (χ4n) is 3.22.